The summed E-state index contributed by atoms with van der Waals surface area (Å²) in [6.07, 6.45) is 3.04. The third kappa shape index (κ3) is 3.93. The highest BCUT2D eigenvalue weighted by Crippen LogP contribution is 2.37. The van der Waals surface area contributed by atoms with Crippen LogP contribution in [-0.4, -0.2) is 60.3 Å². The highest BCUT2D eigenvalue weighted by Gasteiger charge is 2.39. The number of halogens is 3. The van der Waals surface area contributed by atoms with Crippen molar-refractivity contribution in [2.75, 3.05) is 20.3 Å². The van der Waals surface area contributed by atoms with Crippen LogP contribution >= 0.6 is 0 Å². The predicted molar refractivity (Wildman–Crippen MR) is 126 cm³/mol. The number of pyridine rings is 2. The van der Waals surface area contributed by atoms with Crippen molar-refractivity contribution in [2.24, 2.45) is 0 Å². The number of nitrogens with zero attached hydrogens (tertiary/aromatic N) is 6. The first-order valence-corrected chi connectivity index (χ1v) is 11.7. The lowest BCUT2D eigenvalue weighted by atomic mass is 9.98. The van der Waals surface area contributed by atoms with Crippen LogP contribution in [0, 0.1) is 0 Å². The summed E-state index contributed by atoms with van der Waals surface area (Å²) in [4.78, 5) is 23.0. The molecule has 190 valence electrons. The van der Waals surface area contributed by atoms with Crippen LogP contribution in [0.4, 0.5) is 13.2 Å². The van der Waals surface area contributed by atoms with Gasteiger partial charge in [0, 0.05) is 38.2 Å². The molecular formula is C25H22F3N7O2. The molecule has 6 rings (SSSR count). The average Bonchev–Trinajstić information content (AvgIpc) is 3.62. The lowest BCUT2D eigenvalue weighted by Gasteiger charge is -2.33. The number of hydrogen-bond acceptors (Lipinski definition) is 5. The van der Waals surface area contributed by atoms with Gasteiger partial charge >= 0.3 is 6.18 Å². The van der Waals surface area contributed by atoms with Gasteiger partial charge in [-0.15, -0.1) is 0 Å². The maximum absolute atomic E-state index is 13.9. The number of imidazole rings is 1. The predicted octanol–water partition coefficient (Wildman–Crippen LogP) is 3.70. The first-order valence-electron chi connectivity index (χ1n) is 11.7. The smallest absolute Gasteiger partial charge is 0.384 e. The summed E-state index contributed by atoms with van der Waals surface area (Å²) in [5.41, 5.74) is 2.85. The molecule has 0 unspecified atom stereocenters. The van der Waals surface area contributed by atoms with Crippen LogP contribution in [0.25, 0.3) is 11.0 Å². The van der Waals surface area contributed by atoms with E-state index in [4.69, 9.17) is 4.74 Å². The third-order valence-electron chi connectivity index (χ3n) is 6.69. The van der Waals surface area contributed by atoms with E-state index in [2.05, 4.69) is 20.2 Å². The first-order chi connectivity index (χ1) is 17.8. The number of nitrogens with one attached hydrogen (secondary N) is 1. The van der Waals surface area contributed by atoms with Gasteiger partial charge in [-0.05, 0) is 36.2 Å². The van der Waals surface area contributed by atoms with E-state index in [0.717, 1.165) is 17.3 Å². The van der Waals surface area contributed by atoms with Gasteiger partial charge in [-0.2, -0.15) is 23.4 Å². The number of alkyl halides is 3. The van der Waals surface area contributed by atoms with Gasteiger partial charge in [0.2, 0.25) is 0 Å². The van der Waals surface area contributed by atoms with Crippen LogP contribution in [-0.2, 0) is 23.8 Å². The Morgan fingerprint density at radius 2 is 2.08 bits per heavy atom. The molecule has 0 fully saturated rings. The molecule has 0 radical (unpaired) electrons. The molecule has 0 saturated heterocycles. The van der Waals surface area contributed by atoms with E-state index in [1.54, 1.807) is 16.5 Å². The molecule has 0 spiro atoms. The van der Waals surface area contributed by atoms with Crippen molar-refractivity contribution in [1.29, 1.82) is 0 Å². The van der Waals surface area contributed by atoms with Gasteiger partial charge in [-0.1, -0.05) is 6.07 Å². The largest absolute Gasteiger partial charge is 0.418 e. The van der Waals surface area contributed by atoms with E-state index in [0.29, 0.717) is 48.5 Å². The number of amides is 1. The molecule has 0 aromatic carbocycles. The number of carbonyl (C=O) groups excluding carboxylic acids is 1. The van der Waals surface area contributed by atoms with Crippen molar-refractivity contribution in [3.8, 4) is 0 Å². The normalized spacial score (nSPS) is 16.0. The zero-order chi connectivity index (χ0) is 25.7. The van der Waals surface area contributed by atoms with Gasteiger partial charge in [-0.3, -0.25) is 4.79 Å². The average molecular weight is 509 g/mol. The van der Waals surface area contributed by atoms with E-state index < -0.39 is 17.8 Å². The van der Waals surface area contributed by atoms with Gasteiger partial charge in [0.05, 0.1) is 52.7 Å². The minimum absolute atomic E-state index is 0.0837. The molecule has 0 aliphatic carbocycles. The second-order valence-corrected chi connectivity index (χ2v) is 8.90. The fraction of sp³-hybridized carbons (Fsp3) is 0.280. The maximum atomic E-state index is 13.9. The number of fused-ring (bicyclic) bond motifs is 3. The Kier molecular flexibility index (Phi) is 5.48. The summed E-state index contributed by atoms with van der Waals surface area (Å²) in [6.45, 7) is 0.900. The zero-order valence-corrected chi connectivity index (χ0v) is 19.7. The van der Waals surface area contributed by atoms with E-state index in [-0.39, 0.29) is 11.4 Å². The molecule has 1 amide bonds. The molecule has 12 heteroatoms. The van der Waals surface area contributed by atoms with Crippen molar-refractivity contribution in [3.05, 3.63) is 89.0 Å². The lowest BCUT2D eigenvalue weighted by molar-refractivity contribution is -0.136. The van der Waals surface area contributed by atoms with Crippen molar-refractivity contribution < 1.29 is 22.7 Å². The van der Waals surface area contributed by atoms with E-state index in [1.165, 1.54) is 35.4 Å². The quantitative estimate of drug-likeness (QED) is 0.390. The SMILES string of the molecule is COCCc1ccc2c(C(=O)N3CCc4[nH]cnc4[C@H]3c3cc4c(C(F)(F)F)cccn4n3)cnn2c1. The molecule has 37 heavy (non-hydrogen) atoms. The van der Waals surface area contributed by atoms with Crippen LogP contribution in [0.3, 0.4) is 0 Å². The number of aromatic amines is 1. The minimum atomic E-state index is -4.54. The summed E-state index contributed by atoms with van der Waals surface area (Å²) in [6, 6.07) is 6.70. The molecule has 0 bridgehead atoms. The van der Waals surface area contributed by atoms with Crippen molar-refractivity contribution >= 4 is 16.9 Å². The van der Waals surface area contributed by atoms with Gasteiger partial charge in [0.25, 0.3) is 5.91 Å². The van der Waals surface area contributed by atoms with Crippen LogP contribution < -0.4 is 0 Å². The summed E-state index contributed by atoms with van der Waals surface area (Å²) in [7, 11) is 1.63. The summed E-state index contributed by atoms with van der Waals surface area (Å²) >= 11 is 0. The second kappa shape index (κ2) is 8.73. The molecular weight excluding hydrogens is 487 g/mol. The van der Waals surface area contributed by atoms with Gasteiger partial charge in [-0.25, -0.2) is 14.0 Å². The standard InChI is InChI=1S/C25H22F3N7O2/c1-37-10-7-15-4-5-20-16(12-31-35(20)13-15)24(36)33-9-6-18-22(30-14-29-18)23(33)19-11-21-17(25(26,27)28)3-2-8-34(21)32-19/h2-5,8,11-14,23H,6-7,9-10H2,1H3,(H,29,30)/t23-/m1/s1. The fourth-order valence-corrected chi connectivity index (χ4v) is 4.92. The number of H-pyrrole nitrogens is 1. The van der Waals surface area contributed by atoms with E-state index in [1.807, 2.05) is 18.3 Å². The minimum Gasteiger partial charge on any atom is -0.384 e. The highest BCUT2D eigenvalue weighted by molar-refractivity contribution is 6.01. The summed E-state index contributed by atoms with van der Waals surface area (Å²) in [5.74, 6) is -0.300. The molecule has 1 aliphatic heterocycles. The van der Waals surface area contributed by atoms with Gasteiger partial charge < -0.3 is 14.6 Å². The van der Waals surface area contributed by atoms with Crippen LogP contribution in [0.5, 0.6) is 0 Å². The summed E-state index contributed by atoms with van der Waals surface area (Å²) in [5, 5.41) is 8.81. The third-order valence-corrected chi connectivity index (χ3v) is 6.69. The molecule has 9 nitrogen and oxygen atoms in total. The Balaban J connectivity index is 1.42. The van der Waals surface area contributed by atoms with Gasteiger partial charge in [0.15, 0.2) is 0 Å². The molecule has 1 atom stereocenters. The molecule has 5 aromatic heterocycles. The monoisotopic (exact) mass is 509 g/mol. The second-order valence-electron chi connectivity index (χ2n) is 8.90. The number of methoxy groups -OCH3 is 1. The molecule has 5 aromatic rings. The Bertz CT molecular complexity index is 1620. The zero-order valence-electron chi connectivity index (χ0n) is 19.7. The number of hydrogen-bond donors (Lipinski definition) is 1. The molecule has 6 heterocycles. The van der Waals surface area contributed by atoms with Crippen LogP contribution in [0.2, 0.25) is 0 Å². The summed E-state index contributed by atoms with van der Waals surface area (Å²) < 4.78 is 48.9. The number of rotatable bonds is 5. The molecule has 0 saturated carbocycles. The van der Waals surface area contributed by atoms with E-state index in [9.17, 15) is 18.0 Å². The Morgan fingerprint density at radius 1 is 1.22 bits per heavy atom. The highest BCUT2D eigenvalue weighted by atomic mass is 19.4. The maximum Gasteiger partial charge on any atom is 0.418 e. The Hall–Kier alpha value is -4.19. The first kappa shape index (κ1) is 23.2. The van der Waals surface area contributed by atoms with E-state index >= 15 is 0 Å². The number of ether oxygens (including phenoxy) is 1. The Labute approximate surface area is 208 Å². The van der Waals surface area contributed by atoms with Crippen LogP contribution in [0.1, 0.15) is 44.6 Å². The number of aromatic nitrogens is 6. The fourth-order valence-electron chi connectivity index (χ4n) is 4.92. The molecule has 1 N–H and O–H groups in total. The number of carbonyl (C=O) groups is 1. The van der Waals surface area contributed by atoms with Crippen molar-refractivity contribution in [2.45, 2.75) is 25.1 Å². The van der Waals surface area contributed by atoms with Crippen molar-refractivity contribution in [3.63, 3.8) is 0 Å². The Morgan fingerprint density at radius 3 is 2.89 bits per heavy atom. The van der Waals surface area contributed by atoms with Crippen molar-refractivity contribution in [1.82, 2.24) is 34.1 Å². The topological polar surface area (TPSA) is 92.8 Å². The van der Waals surface area contributed by atoms with Crippen LogP contribution in [0.15, 0.2) is 55.2 Å². The molecule has 1 aliphatic rings. The van der Waals surface area contributed by atoms with Gasteiger partial charge in [0.1, 0.15) is 6.04 Å². The lowest BCUT2D eigenvalue weighted by Crippen LogP contribution is -2.41.